The van der Waals surface area contributed by atoms with E-state index in [4.69, 9.17) is 0 Å². The summed E-state index contributed by atoms with van der Waals surface area (Å²) >= 11 is 0. The molecule has 2 rings (SSSR count). The smallest absolute Gasteiger partial charge is 0.183 e. The fourth-order valence-electron chi connectivity index (χ4n) is 2.32. The number of hydrogen-bond acceptors (Lipinski definition) is 4. The zero-order chi connectivity index (χ0) is 14.5. The van der Waals surface area contributed by atoms with Crippen molar-refractivity contribution in [2.75, 3.05) is 11.9 Å². The predicted molar refractivity (Wildman–Crippen MR) is 81.7 cm³/mol. The van der Waals surface area contributed by atoms with Crippen LogP contribution >= 0.6 is 0 Å². The zero-order valence-electron chi connectivity index (χ0n) is 12.8. The highest BCUT2D eigenvalue weighted by molar-refractivity contribution is 5.75. The van der Waals surface area contributed by atoms with Gasteiger partial charge < -0.3 is 5.32 Å². The molecule has 1 aromatic heterocycles. The summed E-state index contributed by atoms with van der Waals surface area (Å²) in [6.07, 6.45) is 3.35. The average Bonchev–Trinajstić information content (AvgIpc) is 2.85. The lowest BCUT2D eigenvalue weighted by Gasteiger charge is -2.14. The van der Waals surface area contributed by atoms with E-state index in [1.165, 1.54) is 17.5 Å². The minimum Gasteiger partial charge on any atom is -0.384 e. The molecule has 2 aromatic rings. The van der Waals surface area contributed by atoms with Crippen molar-refractivity contribution < 1.29 is 0 Å². The van der Waals surface area contributed by atoms with Gasteiger partial charge in [0.1, 0.15) is 0 Å². The van der Waals surface area contributed by atoms with Crippen molar-refractivity contribution in [3.8, 4) is 11.4 Å². The second-order valence-corrected chi connectivity index (χ2v) is 5.08. The van der Waals surface area contributed by atoms with Crippen LogP contribution in [0.2, 0.25) is 0 Å². The van der Waals surface area contributed by atoms with E-state index >= 15 is 0 Å². The molecule has 0 fully saturated rings. The molecule has 0 aliphatic rings. The molecule has 0 amide bonds. The van der Waals surface area contributed by atoms with Gasteiger partial charge in [0.15, 0.2) is 5.82 Å². The predicted octanol–water partition coefficient (Wildman–Crippen LogP) is 2.96. The highest BCUT2D eigenvalue weighted by Crippen LogP contribution is 2.29. The Morgan fingerprint density at radius 3 is 2.65 bits per heavy atom. The number of rotatable bonds is 6. The van der Waals surface area contributed by atoms with Crippen LogP contribution in [-0.2, 0) is 13.5 Å². The molecule has 20 heavy (non-hydrogen) atoms. The maximum Gasteiger partial charge on any atom is 0.183 e. The van der Waals surface area contributed by atoms with Crippen LogP contribution in [0.25, 0.3) is 11.4 Å². The molecule has 1 heterocycles. The Hall–Kier alpha value is -1.91. The number of benzene rings is 1. The maximum atomic E-state index is 4.14. The summed E-state index contributed by atoms with van der Waals surface area (Å²) in [5.74, 6) is 0.804. The lowest BCUT2D eigenvalue weighted by molar-refractivity contribution is 0.714. The standard InChI is InChI=1S/C15H23N5/c1-5-7-8-16-14-9-11(3)12(6-2)10-13(14)15-17-18-19-20(15)4/h9-10,16H,5-8H2,1-4H3. The summed E-state index contributed by atoms with van der Waals surface area (Å²) < 4.78 is 1.72. The molecule has 0 radical (unpaired) electrons. The Morgan fingerprint density at radius 2 is 2.05 bits per heavy atom. The monoisotopic (exact) mass is 273 g/mol. The quantitative estimate of drug-likeness (QED) is 0.822. The van der Waals surface area contributed by atoms with Gasteiger partial charge >= 0.3 is 0 Å². The van der Waals surface area contributed by atoms with Gasteiger partial charge in [-0.15, -0.1) is 5.10 Å². The highest BCUT2D eigenvalue weighted by Gasteiger charge is 2.13. The molecule has 5 nitrogen and oxygen atoms in total. The molecule has 0 aliphatic carbocycles. The number of nitrogens with zero attached hydrogens (tertiary/aromatic N) is 4. The lowest BCUT2D eigenvalue weighted by Crippen LogP contribution is -2.06. The Bertz CT molecular complexity index is 574. The van der Waals surface area contributed by atoms with Crippen molar-refractivity contribution in [3.63, 3.8) is 0 Å². The summed E-state index contributed by atoms with van der Waals surface area (Å²) in [5, 5.41) is 15.3. The fraction of sp³-hybridized carbons (Fsp3) is 0.533. The molecule has 0 spiro atoms. The van der Waals surface area contributed by atoms with Crippen LogP contribution in [0.1, 0.15) is 37.8 Å². The molecule has 0 aliphatic heterocycles. The fourth-order valence-corrected chi connectivity index (χ4v) is 2.32. The molecule has 0 unspecified atom stereocenters. The van der Waals surface area contributed by atoms with E-state index in [9.17, 15) is 0 Å². The molecule has 0 saturated carbocycles. The average molecular weight is 273 g/mol. The van der Waals surface area contributed by atoms with Gasteiger partial charge in [0, 0.05) is 24.8 Å². The minimum absolute atomic E-state index is 0.804. The van der Waals surface area contributed by atoms with Crippen molar-refractivity contribution in [1.82, 2.24) is 20.2 Å². The van der Waals surface area contributed by atoms with E-state index < -0.39 is 0 Å². The van der Waals surface area contributed by atoms with Gasteiger partial charge in [-0.3, -0.25) is 0 Å². The summed E-state index contributed by atoms with van der Waals surface area (Å²) in [6, 6.07) is 4.41. The van der Waals surface area contributed by atoms with Crippen molar-refractivity contribution in [3.05, 3.63) is 23.3 Å². The van der Waals surface area contributed by atoms with Crippen LogP contribution < -0.4 is 5.32 Å². The molecular weight excluding hydrogens is 250 g/mol. The third-order valence-electron chi connectivity index (χ3n) is 3.56. The topological polar surface area (TPSA) is 55.6 Å². The zero-order valence-corrected chi connectivity index (χ0v) is 12.8. The molecule has 0 saturated heterocycles. The van der Waals surface area contributed by atoms with Crippen LogP contribution in [0.5, 0.6) is 0 Å². The van der Waals surface area contributed by atoms with Gasteiger partial charge in [-0.05, 0) is 53.5 Å². The number of aryl methyl sites for hydroxylation is 3. The van der Waals surface area contributed by atoms with Crippen molar-refractivity contribution >= 4 is 5.69 Å². The molecule has 0 bridgehead atoms. The van der Waals surface area contributed by atoms with Crippen molar-refractivity contribution in [2.45, 2.75) is 40.0 Å². The third kappa shape index (κ3) is 2.98. The van der Waals surface area contributed by atoms with E-state index in [0.717, 1.165) is 36.5 Å². The molecule has 108 valence electrons. The van der Waals surface area contributed by atoms with Gasteiger partial charge in [0.25, 0.3) is 0 Å². The van der Waals surface area contributed by atoms with Crippen LogP contribution in [-0.4, -0.2) is 26.8 Å². The van der Waals surface area contributed by atoms with Gasteiger partial charge in [-0.25, -0.2) is 4.68 Å². The first kappa shape index (κ1) is 14.5. The highest BCUT2D eigenvalue weighted by atomic mass is 15.5. The number of aromatic nitrogens is 4. The van der Waals surface area contributed by atoms with Gasteiger partial charge in [-0.2, -0.15) is 0 Å². The summed E-state index contributed by atoms with van der Waals surface area (Å²) in [4.78, 5) is 0. The summed E-state index contributed by atoms with van der Waals surface area (Å²) in [5.41, 5.74) is 4.84. The number of unbranched alkanes of at least 4 members (excludes halogenated alkanes) is 1. The normalized spacial score (nSPS) is 10.8. The SMILES string of the molecule is CCCCNc1cc(C)c(CC)cc1-c1nnnn1C. The van der Waals surface area contributed by atoms with Gasteiger partial charge in [0.05, 0.1) is 0 Å². The first-order valence-corrected chi connectivity index (χ1v) is 7.27. The van der Waals surface area contributed by atoms with E-state index in [2.05, 4.69) is 53.7 Å². The number of nitrogens with one attached hydrogen (secondary N) is 1. The second-order valence-electron chi connectivity index (χ2n) is 5.08. The number of anilines is 1. The molecule has 5 heteroatoms. The third-order valence-corrected chi connectivity index (χ3v) is 3.56. The lowest BCUT2D eigenvalue weighted by atomic mass is 10.0. The van der Waals surface area contributed by atoms with E-state index in [1.807, 2.05) is 7.05 Å². The van der Waals surface area contributed by atoms with Crippen LogP contribution in [0, 0.1) is 6.92 Å². The largest absolute Gasteiger partial charge is 0.384 e. The van der Waals surface area contributed by atoms with E-state index in [1.54, 1.807) is 4.68 Å². The van der Waals surface area contributed by atoms with Crippen LogP contribution in [0.4, 0.5) is 5.69 Å². The molecule has 1 N–H and O–H groups in total. The van der Waals surface area contributed by atoms with Gasteiger partial charge in [0.2, 0.25) is 0 Å². The first-order valence-electron chi connectivity index (χ1n) is 7.27. The summed E-state index contributed by atoms with van der Waals surface area (Å²) in [7, 11) is 1.87. The Labute approximate surface area is 120 Å². The summed E-state index contributed by atoms with van der Waals surface area (Å²) in [6.45, 7) is 7.49. The molecular formula is C15H23N5. The van der Waals surface area contributed by atoms with Crippen molar-refractivity contribution in [1.29, 1.82) is 0 Å². The van der Waals surface area contributed by atoms with Crippen LogP contribution in [0.3, 0.4) is 0 Å². The molecule has 0 atom stereocenters. The second kappa shape index (κ2) is 6.50. The maximum absolute atomic E-state index is 4.14. The number of tetrazole rings is 1. The van der Waals surface area contributed by atoms with E-state index in [-0.39, 0.29) is 0 Å². The number of hydrogen-bond donors (Lipinski definition) is 1. The van der Waals surface area contributed by atoms with Gasteiger partial charge in [-0.1, -0.05) is 20.3 Å². The van der Waals surface area contributed by atoms with E-state index in [0.29, 0.717) is 0 Å². The van der Waals surface area contributed by atoms with Crippen LogP contribution in [0.15, 0.2) is 12.1 Å². The minimum atomic E-state index is 0.804. The Morgan fingerprint density at radius 1 is 1.25 bits per heavy atom. The van der Waals surface area contributed by atoms with Crippen molar-refractivity contribution in [2.24, 2.45) is 7.05 Å². The Kier molecular flexibility index (Phi) is 4.71. The first-order chi connectivity index (χ1) is 9.67. The molecule has 1 aromatic carbocycles. The Balaban J connectivity index is 2.43.